The second-order valence-corrected chi connectivity index (χ2v) is 10.4. The minimum absolute atomic E-state index is 0.0888. The molecule has 0 bridgehead atoms. The van der Waals surface area contributed by atoms with Crippen LogP contribution in [0.4, 0.5) is 8.78 Å². The topological polar surface area (TPSA) is 55.8 Å². The van der Waals surface area contributed by atoms with Gasteiger partial charge in [-0.1, -0.05) is 19.9 Å². The maximum Gasteiger partial charge on any atom is 0.387 e. The van der Waals surface area contributed by atoms with E-state index in [-0.39, 0.29) is 29.2 Å². The molecule has 1 aromatic carbocycles. The van der Waals surface area contributed by atoms with Gasteiger partial charge in [0.25, 0.3) is 0 Å². The lowest BCUT2D eigenvalue weighted by Crippen LogP contribution is -2.66. The van der Waals surface area contributed by atoms with Gasteiger partial charge in [0.15, 0.2) is 0 Å². The first-order valence-electron chi connectivity index (χ1n) is 9.50. The Hall–Kier alpha value is -1.51. The van der Waals surface area contributed by atoms with Crippen molar-refractivity contribution < 1.29 is 26.7 Å². The fraction of sp³-hybridized carbons (Fsp3) is 0.600. The van der Waals surface area contributed by atoms with E-state index in [0.29, 0.717) is 24.4 Å². The van der Waals surface area contributed by atoms with Crippen LogP contribution >= 0.6 is 0 Å². The zero-order valence-electron chi connectivity index (χ0n) is 16.2. The number of allylic oxidation sites excluding steroid dienone is 1. The molecule has 2 aliphatic carbocycles. The number of aryl methyl sites for hydroxylation is 1. The molecule has 3 aliphatic rings. The van der Waals surface area contributed by atoms with Crippen LogP contribution in [0.2, 0.25) is 0 Å². The molecule has 2 fully saturated rings. The van der Waals surface area contributed by atoms with Crippen LogP contribution in [0.5, 0.6) is 5.75 Å². The molecular formula is C20H25F2NO4S. The fourth-order valence-corrected chi connectivity index (χ4v) is 6.93. The molecule has 0 N–H and O–H groups in total. The van der Waals surface area contributed by atoms with Crippen LogP contribution in [-0.2, 0) is 21.2 Å². The molecule has 5 nitrogen and oxygen atoms in total. The summed E-state index contributed by atoms with van der Waals surface area (Å²) in [5.41, 5.74) is 1.32. The molecule has 1 saturated carbocycles. The van der Waals surface area contributed by atoms with E-state index in [9.17, 15) is 17.2 Å². The summed E-state index contributed by atoms with van der Waals surface area (Å²) >= 11 is 0. The maximum absolute atomic E-state index is 13.3. The van der Waals surface area contributed by atoms with Crippen molar-refractivity contribution in [2.75, 3.05) is 13.7 Å². The SMILES string of the molecule is CN([C@@H]1[C@@H]2CCO[C@@H]2C1(C)C)S(=O)(=O)C1=Cc2ccc(OC(F)F)cc2CC1. The van der Waals surface area contributed by atoms with Gasteiger partial charge in [0.05, 0.1) is 11.0 Å². The molecule has 1 aliphatic heterocycles. The standard InChI is InChI=1S/C20H25F2NO4S/c1-20(2)17(16-8-9-26-18(16)20)23(3)28(24,25)15-7-5-12-10-14(27-19(21)22)6-4-13(12)11-15/h4,6,10-11,16-19H,5,7-9H2,1-3H3/t16-,17+,18-/m0/s1. The predicted molar refractivity (Wildman–Crippen MR) is 101 cm³/mol. The van der Waals surface area contributed by atoms with Gasteiger partial charge in [-0.25, -0.2) is 8.42 Å². The highest BCUT2D eigenvalue weighted by Crippen LogP contribution is 2.55. The van der Waals surface area contributed by atoms with Gasteiger partial charge in [0, 0.05) is 31.0 Å². The first-order valence-corrected chi connectivity index (χ1v) is 10.9. The number of sulfonamides is 1. The van der Waals surface area contributed by atoms with Crippen molar-refractivity contribution in [2.45, 2.75) is 51.9 Å². The summed E-state index contributed by atoms with van der Waals surface area (Å²) in [7, 11) is -1.96. The minimum atomic E-state index is -3.62. The van der Waals surface area contributed by atoms with Gasteiger partial charge >= 0.3 is 6.61 Å². The molecule has 4 rings (SSSR count). The van der Waals surface area contributed by atoms with E-state index in [1.807, 2.05) is 0 Å². The van der Waals surface area contributed by atoms with Crippen molar-refractivity contribution in [3.8, 4) is 5.75 Å². The molecule has 1 aromatic rings. The van der Waals surface area contributed by atoms with E-state index in [4.69, 9.17) is 4.74 Å². The lowest BCUT2D eigenvalue weighted by Gasteiger charge is -2.57. The second kappa shape index (κ2) is 6.78. The largest absolute Gasteiger partial charge is 0.435 e. The summed E-state index contributed by atoms with van der Waals surface area (Å²) in [6.45, 7) is 1.93. The Balaban J connectivity index is 1.59. The fourth-order valence-electron chi connectivity index (χ4n) is 5.19. The Morgan fingerprint density at radius 2 is 2.04 bits per heavy atom. The van der Waals surface area contributed by atoms with Gasteiger partial charge in [0.2, 0.25) is 10.0 Å². The highest BCUT2D eigenvalue weighted by Gasteiger charge is 2.62. The first-order chi connectivity index (χ1) is 13.1. The zero-order valence-corrected chi connectivity index (χ0v) is 17.0. The Labute approximate surface area is 164 Å². The third-order valence-electron chi connectivity index (χ3n) is 6.44. The number of fused-ring (bicyclic) bond motifs is 2. The summed E-state index contributed by atoms with van der Waals surface area (Å²) < 4.78 is 63.2. The second-order valence-electron chi connectivity index (χ2n) is 8.38. The summed E-state index contributed by atoms with van der Waals surface area (Å²) in [5.74, 6) is 0.328. The molecule has 0 unspecified atom stereocenters. The third-order valence-corrected chi connectivity index (χ3v) is 8.41. The van der Waals surface area contributed by atoms with Crippen molar-refractivity contribution in [3.05, 3.63) is 34.2 Å². The van der Waals surface area contributed by atoms with Crippen LogP contribution in [0.1, 0.15) is 37.8 Å². The van der Waals surface area contributed by atoms with E-state index < -0.39 is 16.6 Å². The van der Waals surface area contributed by atoms with Crippen LogP contribution in [0.25, 0.3) is 6.08 Å². The van der Waals surface area contributed by atoms with Crippen molar-refractivity contribution in [1.82, 2.24) is 4.31 Å². The number of alkyl halides is 2. The van der Waals surface area contributed by atoms with Crippen LogP contribution < -0.4 is 4.74 Å². The van der Waals surface area contributed by atoms with E-state index in [0.717, 1.165) is 17.5 Å². The normalized spacial score (nSPS) is 28.5. The number of rotatable bonds is 5. The van der Waals surface area contributed by atoms with Crippen LogP contribution in [0, 0.1) is 11.3 Å². The molecule has 0 amide bonds. The maximum atomic E-state index is 13.3. The third kappa shape index (κ3) is 3.06. The first kappa shape index (κ1) is 19.8. The predicted octanol–water partition coefficient (Wildman–Crippen LogP) is 3.65. The molecular weight excluding hydrogens is 388 g/mol. The van der Waals surface area contributed by atoms with Crippen molar-refractivity contribution in [2.24, 2.45) is 11.3 Å². The molecule has 0 aromatic heterocycles. The van der Waals surface area contributed by atoms with Gasteiger partial charge in [-0.05, 0) is 48.6 Å². The van der Waals surface area contributed by atoms with Gasteiger partial charge in [-0.15, -0.1) is 0 Å². The van der Waals surface area contributed by atoms with Gasteiger partial charge in [-0.2, -0.15) is 13.1 Å². The Bertz CT molecular complexity index is 913. The van der Waals surface area contributed by atoms with Crippen LogP contribution in [0.3, 0.4) is 0 Å². The number of benzene rings is 1. The van der Waals surface area contributed by atoms with Gasteiger partial charge in [-0.3, -0.25) is 0 Å². The zero-order chi connectivity index (χ0) is 20.3. The minimum Gasteiger partial charge on any atom is -0.435 e. The molecule has 28 heavy (non-hydrogen) atoms. The lowest BCUT2D eigenvalue weighted by molar-refractivity contribution is -0.131. The average Bonchev–Trinajstić information content (AvgIpc) is 3.07. The number of ether oxygens (including phenoxy) is 2. The Morgan fingerprint density at radius 1 is 1.29 bits per heavy atom. The number of hydrogen-bond acceptors (Lipinski definition) is 4. The molecule has 0 radical (unpaired) electrons. The van der Waals surface area contributed by atoms with E-state index in [2.05, 4.69) is 18.6 Å². The van der Waals surface area contributed by atoms with Crippen molar-refractivity contribution in [3.63, 3.8) is 0 Å². The molecule has 1 saturated heterocycles. The molecule has 3 atom stereocenters. The van der Waals surface area contributed by atoms with E-state index in [1.165, 1.54) is 10.4 Å². The number of nitrogens with zero attached hydrogens (tertiary/aromatic N) is 1. The summed E-state index contributed by atoms with van der Waals surface area (Å²) in [5, 5.41) is 0. The van der Waals surface area contributed by atoms with Crippen molar-refractivity contribution >= 4 is 16.1 Å². The summed E-state index contributed by atoms with van der Waals surface area (Å²) in [6, 6.07) is 4.54. The van der Waals surface area contributed by atoms with E-state index >= 15 is 0 Å². The Kier molecular flexibility index (Phi) is 4.79. The number of hydrogen-bond donors (Lipinski definition) is 0. The number of halogens is 2. The van der Waals surface area contributed by atoms with E-state index in [1.54, 1.807) is 25.3 Å². The van der Waals surface area contributed by atoms with Gasteiger partial charge < -0.3 is 9.47 Å². The molecule has 0 spiro atoms. The highest BCUT2D eigenvalue weighted by molar-refractivity contribution is 7.93. The lowest BCUT2D eigenvalue weighted by atomic mass is 9.57. The summed E-state index contributed by atoms with van der Waals surface area (Å²) in [6.07, 6.45) is 3.47. The highest BCUT2D eigenvalue weighted by atomic mass is 32.2. The smallest absolute Gasteiger partial charge is 0.387 e. The summed E-state index contributed by atoms with van der Waals surface area (Å²) in [4.78, 5) is 0.364. The van der Waals surface area contributed by atoms with Crippen molar-refractivity contribution in [1.29, 1.82) is 0 Å². The van der Waals surface area contributed by atoms with Crippen LogP contribution in [-0.4, -0.2) is 45.1 Å². The van der Waals surface area contributed by atoms with Crippen LogP contribution in [0.15, 0.2) is 23.1 Å². The quantitative estimate of drug-likeness (QED) is 0.740. The average molecular weight is 413 g/mol. The molecule has 154 valence electrons. The van der Waals surface area contributed by atoms with Gasteiger partial charge in [0.1, 0.15) is 5.75 Å². The molecule has 8 heteroatoms. The Morgan fingerprint density at radius 3 is 2.75 bits per heavy atom. The molecule has 1 heterocycles. The monoisotopic (exact) mass is 413 g/mol.